The second-order valence-corrected chi connectivity index (χ2v) is 3.30. The van der Waals surface area contributed by atoms with Crippen LogP contribution >= 0.6 is 0 Å². The second-order valence-electron chi connectivity index (χ2n) is 3.30. The Morgan fingerprint density at radius 2 is 2.31 bits per heavy atom. The van der Waals surface area contributed by atoms with Gasteiger partial charge in [0.25, 0.3) is 5.91 Å². The van der Waals surface area contributed by atoms with Crippen molar-refractivity contribution in [2.45, 2.75) is 6.92 Å². The zero-order valence-electron chi connectivity index (χ0n) is 8.99. The highest BCUT2D eigenvalue weighted by Crippen LogP contribution is 2.19. The number of aromatic nitrogens is 2. The minimum absolute atomic E-state index is 0.0533. The predicted molar refractivity (Wildman–Crippen MR) is 61.2 cm³/mol. The lowest BCUT2D eigenvalue weighted by molar-refractivity contribution is -0.120. The molecule has 2 aromatic rings. The highest BCUT2D eigenvalue weighted by Gasteiger charge is 2.08. The van der Waals surface area contributed by atoms with Crippen molar-refractivity contribution >= 4 is 22.6 Å². The lowest BCUT2D eigenvalue weighted by atomic mass is 10.2. The number of hydrogen-bond acceptors (Lipinski definition) is 3. The predicted octanol–water partition coefficient (Wildman–Crippen LogP) is 1.54. The molecule has 0 saturated heterocycles. The fourth-order valence-electron chi connectivity index (χ4n) is 1.42. The molecule has 1 heterocycles. The van der Waals surface area contributed by atoms with Crippen LogP contribution in [0.1, 0.15) is 6.92 Å². The van der Waals surface area contributed by atoms with E-state index < -0.39 is 0 Å². The SMILES string of the molecule is CCOCC(=O)Nc1n[nH]c2ccccc12. The third-order valence-electron chi connectivity index (χ3n) is 2.17. The monoisotopic (exact) mass is 219 g/mol. The number of nitrogens with one attached hydrogen (secondary N) is 2. The zero-order chi connectivity index (χ0) is 11.4. The first kappa shape index (κ1) is 10.6. The molecule has 84 valence electrons. The fourth-order valence-corrected chi connectivity index (χ4v) is 1.42. The third kappa shape index (κ3) is 2.20. The molecule has 0 spiro atoms. The number of hydrogen-bond donors (Lipinski definition) is 2. The molecular weight excluding hydrogens is 206 g/mol. The van der Waals surface area contributed by atoms with E-state index >= 15 is 0 Å². The quantitative estimate of drug-likeness (QED) is 0.819. The van der Waals surface area contributed by atoms with E-state index in [1.165, 1.54) is 0 Å². The molecule has 0 unspecified atom stereocenters. The maximum atomic E-state index is 11.4. The Balaban J connectivity index is 2.12. The van der Waals surface area contributed by atoms with E-state index in [4.69, 9.17) is 4.74 Å². The van der Waals surface area contributed by atoms with Crippen LogP contribution in [0.5, 0.6) is 0 Å². The van der Waals surface area contributed by atoms with E-state index in [0.717, 1.165) is 10.9 Å². The van der Waals surface area contributed by atoms with Crippen LogP contribution < -0.4 is 5.32 Å². The standard InChI is InChI=1S/C11H13N3O2/c1-2-16-7-10(15)12-11-8-5-3-4-6-9(8)13-14-11/h3-6H,2,7H2,1H3,(H2,12,13,14,15). The summed E-state index contributed by atoms with van der Waals surface area (Å²) in [7, 11) is 0. The number of amides is 1. The lowest BCUT2D eigenvalue weighted by Crippen LogP contribution is -2.18. The molecular formula is C11H13N3O2. The highest BCUT2D eigenvalue weighted by atomic mass is 16.5. The average Bonchev–Trinajstić information content (AvgIpc) is 2.70. The van der Waals surface area contributed by atoms with Gasteiger partial charge < -0.3 is 10.1 Å². The molecule has 0 fully saturated rings. The Bertz CT molecular complexity index is 493. The zero-order valence-corrected chi connectivity index (χ0v) is 8.99. The van der Waals surface area contributed by atoms with Crippen LogP contribution in [0.2, 0.25) is 0 Å². The Hall–Kier alpha value is -1.88. The van der Waals surface area contributed by atoms with Gasteiger partial charge in [0.2, 0.25) is 0 Å². The number of carbonyl (C=O) groups is 1. The van der Waals surface area contributed by atoms with Crippen LogP contribution in [0.3, 0.4) is 0 Å². The molecule has 0 bridgehead atoms. The summed E-state index contributed by atoms with van der Waals surface area (Å²) < 4.78 is 5.01. The largest absolute Gasteiger partial charge is 0.372 e. The number of fused-ring (bicyclic) bond motifs is 1. The van der Waals surface area contributed by atoms with Crippen molar-refractivity contribution in [3.8, 4) is 0 Å². The van der Waals surface area contributed by atoms with E-state index in [1.54, 1.807) is 0 Å². The third-order valence-corrected chi connectivity index (χ3v) is 2.17. The molecule has 0 radical (unpaired) electrons. The van der Waals surface area contributed by atoms with Gasteiger partial charge in [-0.1, -0.05) is 12.1 Å². The van der Waals surface area contributed by atoms with E-state index in [9.17, 15) is 4.79 Å². The van der Waals surface area contributed by atoms with Crippen molar-refractivity contribution in [3.63, 3.8) is 0 Å². The Kier molecular flexibility index (Phi) is 3.16. The molecule has 0 atom stereocenters. The summed E-state index contributed by atoms with van der Waals surface area (Å²) in [5, 5.41) is 10.5. The first-order valence-electron chi connectivity index (χ1n) is 5.12. The minimum atomic E-state index is -0.195. The normalized spacial score (nSPS) is 10.6. The Morgan fingerprint density at radius 1 is 1.50 bits per heavy atom. The summed E-state index contributed by atoms with van der Waals surface area (Å²) in [5.41, 5.74) is 0.897. The summed E-state index contributed by atoms with van der Waals surface area (Å²) >= 11 is 0. The first-order chi connectivity index (χ1) is 7.81. The highest BCUT2D eigenvalue weighted by molar-refractivity contribution is 5.99. The van der Waals surface area contributed by atoms with Gasteiger partial charge in [-0.3, -0.25) is 9.89 Å². The van der Waals surface area contributed by atoms with Crippen LogP contribution in [0.15, 0.2) is 24.3 Å². The van der Waals surface area contributed by atoms with Gasteiger partial charge in [0, 0.05) is 12.0 Å². The van der Waals surface area contributed by atoms with Crippen molar-refractivity contribution in [2.75, 3.05) is 18.5 Å². The van der Waals surface area contributed by atoms with Gasteiger partial charge in [-0.15, -0.1) is 0 Å². The summed E-state index contributed by atoms with van der Waals surface area (Å²) in [5.74, 6) is 0.347. The number of rotatable bonds is 4. The summed E-state index contributed by atoms with van der Waals surface area (Å²) in [6.07, 6.45) is 0. The van der Waals surface area contributed by atoms with Crippen LogP contribution in [0.25, 0.3) is 10.9 Å². The summed E-state index contributed by atoms with van der Waals surface area (Å²) in [6, 6.07) is 7.61. The molecule has 5 heteroatoms. The van der Waals surface area contributed by atoms with Crippen LogP contribution in [-0.2, 0) is 9.53 Å². The maximum Gasteiger partial charge on any atom is 0.251 e. The number of H-pyrrole nitrogens is 1. The molecule has 5 nitrogen and oxygen atoms in total. The topological polar surface area (TPSA) is 67.0 Å². The van der Waals surface area contributed by atoms with Crippen molar-refractivity contribution in [3.05, 3.63) is 24.3 Å². The Labute approximate surface area is 92.8 Å². The number of ether oxygens (including phenoxy) is 1. The van der Waals surface area contributed by atoms with Crippen molar-refractivity contribution < 1.29 is 9.53 Å². The van der Waals surface area contributed by atoms with Gasteiger partial charge in [-0.25, -0.2) is 0 Å². The summed E-state index contributed by atoms with van der Waals surface area (Å²) in [6.45, 7) is 2.42. The van der Waals surface area contributed by atoms with Crippen molar-refractivity contribution in [2.24, 2.45) is 0 Å². The van der Waals surface area contributed by atoms with Gasteiger partial charge >= 0.3 is 0 Å². The molecule has 16 heavy (non-hydrogen) atoms. The first-order valence-corrected chi connectivity index (χ1v) is 5.12. The molecule has 2 N–H and O–H groups in total. The van der Waals surface area contributed by atoms with Gasteiger partial charge in [-0.05, 0) is 19.1 Å². The molecule has 0 aliphatic heterocycles. The van der Waals surface area contributed by atoms with Crippen LogP contribution in [0, 0.1) is 0 Å². The lowest BCUT2D eigenvalue weighted by Gasteiger charge is -2.01. The number of benzene rings is 1. The van der Waals surface area contributed by atoms with Crippen molar-refractivity contribution in [1.29, 1.82) is 0 Å². The van der Waals surface area contributed by atoms with Crippen LogP contribution in [0.4, 0.5) is 5.82 Å². The van der Waals surface area contributed by atoms with Crippen LogP contribution in [-0.4, -0.2) is 29.3 Å². The summed E-state index contributed by atoms with van der Waals surface area (Å²) in [4.78, 5) is 11.4. The smallest absolute Gasteiger partial charge is 0.251 e. The van der Waals surface area contributed by atoms with Gasteiger partial charge in [0.05, 0.1) is 5.52 Å². The molecule has 1 aromatic heterocycles. The fraction of sp³-hybridized carbons (Fsp3) is 0.273. The van der Waals surface area contributed by atoms with Gasteiger partial charge in [0.1, 0.15) is 6.61 Å². The number of nitrogens with zero attached hydrogens (tertiary/aromatic N) is 1. The molecule has 1 amide bonds. The Morgan fingerprint density at radius 3 is 3.12 bits per heavy atom. The molecule has 0 aliphatic rings. The minimum Gasteiger partial charge on any atom is -0.372 e. The molecule has 0 saturated carbocycles. The van der Waals surface area contributed by atoms with E-state index in [1.807, 2.05) is 31.2 Å². The van der Waals surface area contributed by atoms with Crippen molar-refractivity contribution in [1.82, 2.24) is 10.2 Å². The molecule has 2 rings (SSSR count). The number of para-hydroxylation sites is 1. The number of carbonyl (C=O) groups excluding carboxylic acids is 1. The van der Waals surface area contributed by atoms with Gasteiger partial charge in [-0.2, -0.15) is 5.10 Å². The maximum absolute atomic E-state index is 11.4. The van der Waals surface area contributed by atoms with Gasteiger partial charge in [0.15, 0.2) is 5.82 Å². The number of aromatic amines is 1. The second kappa shape index (κ2) is 4.76. The van der Waals surface area contributed by atoms with E-state index in [-0.39, 0.29) is 12.5 Å². The molecule has 0 aliphatic carbocycles. The van der Waals surface area contributed by atoms with E-state index in [0.29, 0.717) is 12.4 Å². The molecule has 1 aromatic carbocycles. The number of anilines is 1. The van der Waals surface area contributed by atoms with E-state index in [2.05, 4.69) is 15.5 Å². The average molecular weight is 219 g/mol.